The van der Waals surface area contributed by atoms with E-state index in [9.17, 15) is 4.39 Å². The third kappa shape index (κ3) is 5.15. The zero-order chi connectivity index (χ0) is 16.7. The van der Waals surface area contributed by atoms with Crippen LogP contribution in [-0.2, 0) is 13.1 Å². The number of thiocarbonyl (C=S) groups is 1. The minimum atomic E-state index is -0.327. The standard InChI is InChI=1S/C17H19ClFN3S/c1-2-8-21-17(23)22(11-13-5-4-9-20-10-13)12-14-15(18)6-3-7-16(14)19/h3-7,9-10H,2,8,11-12H2,1H3,(H,21,23). The largest absolute Gasteiger partial charge is 0.363 e. The summed E-state index contributed by atoms with van der Waals surface area (Å²) in [6, 6.07) is 8.52. The molecule has 0 radical (unpaired) electrons. The van der Waals surface area contributed by atoms with Crippen molar-refractivity contribution in [2.45, 2.75) is 26.4 Å². The van der Waals surface area contributed by atoms with E-state index in [1.807, 2.05) is 17.0 Å². The average molecular weight is 352 g/mol. The van der Waals surface area contributed by atoms with Crippen molar-refractivity contribution >= 4 is 28.9 Å². The van der Waals surface area contributed by atoms with Gasteiger partial charge in [0.05, 0.1) is 0 Å². The van der Waals surface area contributed by atoms with Crippen molar-refractivity contribution in [2.24, 2.45) is 0 Å². The van der Waals surface area contributed by atoms with Gasteiger partial charge in [-0.15, -0.1) is 0 Å². The van der Waals surface area contributed by atoms with Crippen LogP contribution in [0.4, 0.5) is 4.39 Å². The maximum Gasteiger partial charge on any atom is 0.169 e. The van der Waals surface area contributed by atoms with Crippen LogP contribution in [0.15, 0.2) is 42.7 Å². The highest BCUT2D eigenvalue weighted by atomic mass is 35.5. The molecule has 0 saturated carbocycles. The van der Waals surface area contributed by atoms with Crippen LogP contribution in [0.25, 0.3) is 0 Å². The predicted molar refractivity (Wildman–Crippen MR) is 95.8 cm³/mol. The molecule has 0 bridgehead atoms. The third-order valence-corrected chi connectivity index (χ3v) is 4.08. The zero-order valence-corrected chi connectivity index (χ0v) is 14.5. The number of hydrogen-bond acceptors (Lipinski definition) is 2. The Kier molecular flexibility index (Phi) is 6.74. The number of aromatic nitrogens is 1. The Balaban J connectivity index is 2.20. The normalized spacial score (nSPS) is 10.4. The molecular formula is C17H19ClFN3S. The molecule has 0 unspecified atom stereocenters. The first-order valence-corrected chi connectivity index (χ1v) is 8.25. The van der Waals surface area contributed by atoms with Gasteiger partial charge in [0.25, 0.3) is 0 Å². The summed E-state index contributed by atoms with van der Waals surface area (Å²) in [6.45, 7) is 3.67. The maximum atomic E-state index is 14.1. The van der Waals surface area contributed by atoms with Crippen molar-refractivity contribution in [3.63, 3.8) is 0 Å². The molecule has 1 aromatic carbocycles. The SMILES string of the molecule is CCCNC(=S)N(Cc1cccnc1)Cc1c(F)cccc1Cl. The fourth-order valence-corrected chi connectivity index (χ4v) is 2.58. The molecule has 2 rings (SSSR count). The highest BCUT2D eigenvalue weighted by Crippen LogP contribution is 2.21. The zero-order valence-electron chi connectivity index (χ0n) is 12.9. The van der Waals surface area contributed by atoms with E-state index in [-0.39, 0.29) is 5.82 Å². The van der Waals surface area contributed by atoms with Crippen LogP contribution in [0.3, 0.4) is 0 Å². The molecule has 0 aliphatic carbocycles. The molecule has 122 valence electrons. The van der Waals surface area contributed by atoms with Crippen LogP contribution in [0.2, 0.25) is 5.02 Å². The Labute approximate surface area is 146 Å². The van der Waals surface area contributed by atoms with Crippen LogP contribution in [-0.4, -0.2) is 21.5 Å². The van der Waals surface area contributed by atoms with Gasteiger partial charge in [-0.2, -0.15) is 0 Å². The second-order valence-electron chi connectivity index (χ2n) is 5.15. The molecule has 3 nitrogen and oxygen atoms in total. The Morgan fingerprint density at radius 3 is 2.78 bits per heavy atom. The monoisotopic (exact) mass is 351 g/mol. The lowest BCUT2D eigenvalue weighted by molar-refractivity contribution is 0.390. The van der Waals surface area contributed by atoms with Crippen molar-refractivity contribution in [1.82, 2.24) is 15.2 Å². The molecule has 0 amide bonds. The van der Waals surface area contributed by atoms with Crippen molar-refractivity contribution < 1.29 is 4.39 Å². The molecule has 0 atom stereocenters. The summed E-state index contributed by atoms with van der Waals surface area (Å²) in [5.74, 6) is -0.327. The summed E-state index contributed by atoms with van der Waals surface area (Å²) < 4.78 is 14.1. The second kappa shape index (κ2) is 8.79. The summed E-state index contributed by atoms with van der Waals surface area (Å²) in [7, 11) is 0. The van der Waals surface area contributed by atoms with Gasteiger partial charge in [0, 0.05) is 42.6 Å². The Hall–Kier alpha value is -1.72. The molecule has 0 saturated heterocycles. The van der Waals surface area contributed by atoms with Gasteiger partial charge < -0.3 is 10.2 Å². The molecular weight excluding hydrogens is 333 g/mol. The predicted octanol–water partition coefficient (Wildman–Crippen LogP) is 4.16. The average Bonchev–Trinajstić information content (AvgIpc) is 2.56. The molecule has 1 aromatic heterocycles. The minimum Gasteiger partial charge on any atom is -0.363 e. The van der Waals surface area contributed by atoms with Gasteiger partial charge in [-0.3, -0.25) is 4.98 Å². The Morgan fingerprint density at radius 2 is 2.13 bits per heavy atom. The number of benzene rings is 1. The van der Waals surface area contributed by atoms with Gasteiger partial charge in [-0.25, -0.2) is 4.39 Å². The van der Waals surface area contributed by atoms with Crippen LogP contribution in [0.5, 0.6) is 0 Å². The Bertz CT molecular complexity index is 631. The van der Waals surface area contributed by atoms with Crippen LogP contribution < -0.4 is 5.32 Å². The van der Waals surface area contributed by atoms with Gasteiger partial charge in [0.1, 0.15) is 5.82 Å². The van der Waals surface area contributed by atoms with Crippen molar-refractivity contribution in [3.05, 3.63) is 64.7 Å². The van der Waals surface area contributed by atoms with E-state index >= 15 is 0 Å². The van der Waals surface area contributed by atoms with Crippen LogP contribution in [0.1, 0.15) is 24.5 Å². The fraction of sp³-hybridized carbons (Fsp3) is 0.294. The number of nitrogens with one attached hydrogen (secondary N) is 1. The Morgan fingerprint density at radius 1 is 1.30 bits per heavy atom. The van der Waals surface area contributed by atoms with E-state index in [2.05, 4.69) is 17.2 Å². The van der Waals surface area contributed by atoms with E-state index in [4.69, 9.17) is 23.8 Å². The van der Waals surface area contributed by atoms with E-state index in [1.54, 1.807) is 24.5 Å². The van der Waals surface area contributed by atoms with E-state index in [1.165, 1.54) is 6.07 Å². The summed E-state index contributed by atoms with van der Waals surface area (Å²) in [6.07, 6.45) is 4.45. The third-order valence-electron chi connectivity index (χ3n) is 3.32. The molecule has 2 aromatic rings. The topological polar surface area (TPSA) is 28.2 Å². The number of nitrogens with zero attached hydrogens (tertiary/aromatic N) is 2. The fourth-order valence-electron chi connectivity index (χ4n) is 2.13. The van der Waals surface area contributed by atoms with E-state index < -0.39 is 0 Å². The smallest absolute Gasteiger partial charge is 0.169 e. The van der Waals surface area contributed by atoms with Crippen molar-refractivity contribution in [3.8, 4) is 0 Å². The first-order valence-electron chi connectivity index (χ1n) is 7.46. The highest BCUT2D eigenvalue weighted by Gasteiger charge is 2.15. The lowest BCUT2D eigenvalue weighted by Crippen LogP contribution is -2.39. The summed E-state index contributed by atoms with van der Waals surface area (Å²) in [5, 5.41) is 4.16. The van der Waals surface area contributed by atoms with Gasteiger partial charge in [-0.05, 0) is 42.4 Å². The van der Waals surface area contributed by atoms with Crippen molar-refractivity contribution in [2.75, 3.05) is 6.54 Å². The summed E-state index contributed by atoms with van der Waals surface area (Å²) in [5.41, 5.74) is 1.44. The molecule has 6 heteroatoms. The quantitative estimate of drug-likeness (QED) is 0.791. The van der Waals surface area contributed by atoms with Crippen LogP contribution in [0, 0.1) is 5.82 Å². The molecule has 0 fully saturated rings. The lowest BCUT2D eigenvalue weighted by atomic mass is 10.2. The molecule has 1 heterocycles. The highest BCUT2D eigenvalue weighted by molar-refractivity contribution is 7.80. The van der Waals surface area contributed by atoms with E-state index in [0.717, 1.165) is 18.5 Å². The second-order valence-corrected chi connectivity index (χ2v) is 5.94. The van der Waals surface area contributed by atoms with Crippen LogP contribution >= 0.6 is 23.8 Å². The number of halogens is 2. The first-order chi connectivity index (χ1) is 11.1. The van der Waals surface area contributed by atoms with Gasteiger partial charge in [0.2, 0.25) is 0 Å². The van der Waals surface area contributed by atoms with Gasteiger partial charge in [0.15, 0.2) is 5.11 Å². The van der Waals surface area contributed by atoms with Gasteiger partial charge in [-0.1, -0.05) is 30.7 Å². The molecule has 0 aliphatic heterocycles. The first kappa shape index (κ1) is 17.6. The van der Waals surface area contributed by atoms with Crippen molar-refractivity contribution in [1.29, 1.82) is 0 Å². The maximum absolute atomic E-state index is 14.1. The lowest BCUT2D eigenvalue weighted by Gasteiger charge is -2.26. The molecule has 0 aliphatic rings. The summed E-state index contributed by atoms with van der Waals surface area (Å²) >= 11 is 11.6. The van der Waals surface area contributed by atoms with E-state index in [0.29, 0.717) is 28.8 Å². The molecule has 23 heavy (non-hydrogen) atoms. The number of hydrogen-bond donors (Lipinski definition) is 1. The summed E-state index contributed by atoms with van der Waals surface area (Å²) in [4.78, 5) is 6.01. The number of rotatable bonds is 6. The molecule has 1 N–H and O–H groups in total. The number of pyridine rings is 1. The minimum absolute atomic E-state index is 0.302. The van der Waals surface area contributed by atoms with Gasteiger partial charge >= 0.3 is 0 Å². The molecule has 0 spiro atoms.